The van der Waals surface area contributed by atoms with E-state index < -0.39 is 5.92 Å². The first-order valence-corrected chi connectivity index (χ1v) is 11.1. The largest absolute Gasteiger partial charge is 0.459 e. The van der Waals surface area contributed by atoms with Crippen LogP contribution in [0.2, 0.25) is 0 Å². The lowest BCUT2D eigenvalue weighted by Crippen LogP contribution is -2.36. The monoisotopic (exact) mass is 444 g/mol. The number of benzene rings is 1. The molecule has 8 nitrogen and oxygen atoms in total. The Bertz CT molecular complexity index is 1230. The van der Waals surface area contributed by atoms with Gasteiger partial charge in [0, 0.05) is 31.0 Å². The third-order valence-electron chi connectivity index (χ3n) is 5.16. The van der Waals surface area contributed by atoms with Crippen LogP contribution in [0.25, 0.3) is 10.2 Å². The molecule has 0 aliphatic carbocycles. The minimum atomic E-state index is -0.580. The maximum Gasteiger partial charge on any atom is 0.316 e. The third kappa shape index (κ3) is 4.37. The van der Waals surface area contributed by atoms with Gasteiger partial charge in [-0.15, -0.1) is 11.3 Å². The fourth-order valence-electron chi connectivity index (χ4n) is 3.54. The minimum absolute atomic E-state index is 0.223. The normalized spacial score (nSPS) is 14.8. The van der Waals surface area contributed by atoms with Gasteiger partial charge in [-0.05, 0) is 24.3 Å². The van der Waals surface area contributed by atoms with Crippen LogP contribution >= 0.6 is 11.3 Å². The number of pyridine rings is 1. The van der Waals surface area contributed by atoms with Crippen molar-refractivity contribution in [2.24, 2.45) is 0 Å². The summed E-state index contributed by atoms with van der Waals surface area (Å²) in [7, 11) is 0. The van der Waals surface area contributed by atoms with Gasteiger partial charge in [-0.2, -0.15) is 10.2 Å². The van der Waals surface area contributed by atoms with E-state index in [9.17, 15) is 5.26 Å². The van der Waals surface area contributed by atoms with Gasteiger partial charge in [0.2, 0.25) is 0 Å². The SMILES string of the molecule is N#CC(c1ccnc(OCc2cncc(N3CCOCC3)c2)n1)c1nc2ccccc2s1. The van der Waals surface area contributed by atoms with E-state index >= 15 is 0 Å². The molecule has 3 aromatic heterocycles. The molecule has 1 fully saturated rings. The maximum absolute atomic E-state index is 9.80. The van der Waals surface area contributed by atoms with E-state index in [-0.39, 0.29) is 12.6 Å². The van der Waals surface area contributed by atoms with Crippen molar-refractivity contribution in [1.29, 1.82) is 5.26 Å². The predicted octanol–water partition coefficient (Wildman–Crippen LogP) is 3.55. The highest BCUT2D eigenvalue weighted by atomic mass is 32.1. The molecule has 1 unspecified atom stereocenters. The molecular formula is C23H20N6O2S. The summed E-state index contributed by atoms with van der Waals surface area (Å²) in [6, 6.07) is 14.2. The van der Waals surface area contributed by atoms with Crippen LogP contribution in [0.15, 0.2) is 55.0 Å². The quantitative estimate of drug-likeness (QED) is 0.445. The van der Waals surface area contributed by atoms with Crippen molar-refractivity contribution in [2.75, 3.05) is 31.2 Å². The van der Waals surface area contributed by atoms with Gasteiger partial charge in [-0.3, -0.25) is 4.98 Å². The molecule has 1 aromatic carbocycles. The number of para-hydroxylation sites is 1. The number of anilines is 1. The van der Waals surface area contributed by atoms with Crippen molar-refractivity contribution in [2.45, 2.75) is 12.5 Å². The van der Waals surface area contributed by atoms with Gasteiger partial charge < -0.3 is 14.4 Å². The second-order valence-corrected chi connectivity index (χ2v) is 8.35. The molecule has 5 rings (SSSR count). The lowest BCUT2D eigenvalue weighted by molar-refractivity contribution is 0.122. The van der Waals surface area contributed by atoms with Crippen LogP contribution in [0.5, 0.6) is 6.01 Å². The van der Waals surface area contributed by atoms with Crippen LogP contribution < -0.4 is 9.64 Å². The summed E-state index contributed by atoms with van der Waals surface area (Å²) in [4.78, 5) is 19.9. The van der Waals surface area contributed by atoms with Gasteiger partial charge in [0.1, 0.15) is 17.5 Å². The highest BCUT2D eigenvalue weighted by molar-refractivity contribution is 7.18. The Morgan fingerprint density at radius 3 is 2.88 bits per heavy atom. The number of thiazole rings is 1. The number of nitrogens with zero attached hydrogens (tertiary/aromatic N) is 6. The summed E-state index contributed by atoms with van der Waals surface area (Å²) in [6.07, 6.45) is 5.23. The number of ether oxygens (including phenoxy) is 2. The smallest absolute Gasteiger partial charge is 0.316 e. The van der Waals surface area contributed by atoms with Crippen LogP contribution in [0.3, 0.4) is 0 Å². The van der Waals surface area contributed by atoms with Gasteiger partial charge in [-0.25, -0.2) is 9.97 Å². The molecule has 0 bridgehead atoms. The second-order valence-electron chi connectivity index (χ2n) is 7.29. The summed E-state index contributed by atoms with van der Waals surface area (Å²) in [5.74, 6) is -0.580. The van der Waals surface area contributed by atoms with Crippen LogP contribution in [0.1, 0.15) is 22.2 Å². The second kappa shape index (κ2) is 9.26. The summed E-state index contributed by atoms with van der Waals surface area (Å²) in [5, 5.41) is 10.5. The molecule has 1 aliphatic rings. The number of morpholine rings is 1. The van der Waals surface area contributed by atoms with Crippen molar-refractivity contribution in [3.05, 3.63) is 71.3 Å². The summed E-state index contributed by atoms with van der Waals surface area (Å²) in [6.45, 7) is 3.41. The number of fused-ring (bicyclic) bond motifs is 1. The van der Waals surface area contributed by atoms with Gasteiger partial charge in [0.15, 0.2) is 0 Å². The number of aromatic nitrogens is 4. The first kappa shape index (κ1) is 20.3. The van der Waals surface area contributed by atoms with Crippen molar-refractivity contribution in [3.8, 4) is 12.1 Å². The zero-order valence-electron chi connectivity index (χ0n) is 17.2. The average Bonchev–Trinajstić information content (AvgIpc) is 3.28. The summed E-state index contributed by atoms with van der Waals surface area (Å²) in [5.41, 5.74) is 3.41. The average molecular weight is 445 g/mol. The minimum Gasteiger partial charge on any atom is -0.459 e. The van der Waals surface area contributed by atoms with Crippen molar-refractivity contribution >= 4 is 27.2 Å². The highest BCUT2D eigenvalue weighted by Gasteiger charge is 2.20. The molecule has 0 N–H and O–H groups in total. The molecule has 4 heterocycles. The molecule has 0 spiro atoms. The number of hydrogen-bond acceptors (Lipinski definition) is 9. The zero-order valence-corrected chi connectivity index (χ0v) is 18.0. The van der Waals surface area contributed by atoms with Crippen LogP contribution in [-0.4, -0.2) is 46.2 Å². The molecule has 4 aromatic rings. The van der Waals surface area contributed by atoms with Crippen molar-refractivity contribution in [1.82, 2.24) is 19.9 Å². The van der Waals surface area contributed by atoms with Crippen molar-refractivity contribution in [3.63, 3.8) is 0 Å². The molecule has 0 radical (unpaired) electrons. The molecular weight excluding hydrogens is 424 g/mol. The Hall–Kier alpha value is -3.61. The maximum atomic E-state index is 9.80. The van der Waals surface area contributed by atoms with Gasteiger partial charge in [0.05, 0.1) is 47.1 Å². The molecule has 9 heteroatoms. The standard InChI is InChI=1S/C23H20N6O2S/c24-12-18(22-27-20-3-1-2-4-21(20)32-22)19-5-6-26-23(28-19)31-15-16-11-17(14-25-13-16)29-7-9-30-10-8-29/h1-6,11,13-14,18H,7-10,15H2. The lowest BCUT2D eigenvalue weighted by Gasteiger charge is -2.28. The van der Waals surface area contributed by atoms with E-state index in [1.54, 1.807) is 18.5 Å². The first-order valence-electron chi connectivity index (χ1n) is 10.3. The molecule has 1 aliphatic heterocycles. The van der Waals surface area contributed by atoms with Gasteiger partial charge in [0.25, 0.3) is 0 Å². The van der Waals surface area contributed by atoms with E-state index in [0.717, 1.165) is 47.8 Å². The highest BCUT2D eigenvalue weighted by Crippen LogP contribution is 2.31. The lowest BCUT2D eigenvalue weighted by atomic mass is 10.1. The van der Waals surface area contributed by atoms with E-state index in [1.165, 1.54) is 11.3 Å². The van der Waals surface area contributed by atoms with Crippen LogP contribution in [0.4, 0.5) is 5.69 Å². The first-order chi connectivity index (χ1) is 15.8. The van der Waals surface area contributed by atoms with E-state index in [1.807, 2.05) is 30.5 Å². The number of hydrogen-bond donors (Lipinski definition) is 0. The van der Waals surface area contributed by atoms with Crippen LogP contribution in [0, 0.1) is 11.3 Å². The fraction of sp³-hybridized carbons (Fsp3) is 0.261. The zero-order chi connectivity index (χ0) is 21.8. The molecule has 32 heavy (non-hydrogen) atoms. The molecule has 0 saturated carbocycles. The van der Waals surface area contributed by atoms with Gasteiger partial charge >= 0.3 is 6.01 Å². The van der Waals surface area contributed by atoms with Crippen molar-refractivity contribution < 1.29 is 9.47 Å². The van der Waals surface area contributed by atoms with E-state index in [0.29, 0.717) is 10.7 Å². The Morgan fingerprint density at radius 1 is 1.16 bits per heavy atom. The Balaban J connectivity index is 1.31. The third-order valence-corrected chi connectivity index (χ3v) is 6.26. The number of nitriles is 1. The molecule has 160 valence electrons. The topological polar surface area (TPSA) is 97.0 Å². The Labute approximate surface area is 189 Å². The molecule has 1 saturated heterocycles. The predicted molar refractivity (Wildman–Crippen MR) is 121 cm³/mol. The van der Waals surface area contributed by atoms with E-state index in [4.69, 9.17) is 9.47 Å². The summed E-state index contributed by atoms with van der Waals surface area (Å²) < 4.78 is 12.3. The van der Waals surface area contributed by atoms with Crippen LogP contribution in [-0.2, 0) is 11.3 Å². The molecule has 0 amide bonds. The summed E-state index contributed by atoms with van der Waals surface area (Å²) >= 11 is 1.50. The molecule has 1 atom stereocenters. The number of rotatable bonds is 6. The Kier molecular flexibility index (Phi) is 5.87. The Morgan fingerprint density at radius 2 is 2.03 bits per heavy atom. The van der Waals surface area contributed by atoms with Gasteiger partial charge in [-0.1, -0.05) is 12.1 Å². The van der Waals surface area contributed by atoms with E-state index in [2.05, 4.69) is 37.0 Å². The fourth-order valence-corrected chi connectivity index (χ4v) is 4.57.